The average molecular weight is 274 g/mol. The van der Waals surface area contributed by atoms with Gasteiger partial charge in [0.05, 0.1) is 26.1 Å². The second kappa shape index (κ2) is 6.01. The number of esters is 1. The summed E-state index contributed by atoms with van der Waals surface area (Å²) in [5, 5.41) is 0. The minimum atomic E-state index is -0.625. The highest BCUT2D eigenvalue weighted by Crippen LogP contribution is 2.37. The van der Waals surface area contributed by atoms with Crippen LogP contribution in [0.3, 0.4) is 0 Å². The molecule has 0 radical (unpaired) electrons. The summed E-state index contributed by atoms with van der Waals surface area (Å²) in [6, 6.07) is 5.08. The van der Waals surface area contributed by atoms with Crippen LogP contribution in [0.25, 0.3) is 0 Å². The molecule has 1 aromatic carbocycles. The lowest BCUT2D eigenvalue weighted by Crippen LogP contribution is -2.12. The third kappa shape index (κ3) is 2.85. The van der Waals surface area contributed by atoms with Gasteiger partial charge >= 0.3 is 5.97 Å². The molecule has 0 unspecified atom stereocenters. The van der Waals surface area contributed by atoms with Crippen molar-refractivity contribution >= 4 is 5.97 Å². The van der Waals surface area contributed by atoms with Crippen molar-refractivity contribution in [3.05, 3.63) is 42.0 Å². The number of rotatable bonds is 4. The van der Waals surface area contributed by atoms with Crippen molar-refractivity contribution in [1.29, 1.82) is 0 Å². The second-order valence-electron chi connectivity index (χ2n) is 3.92. The fourth-order valence-corrected chi connectivity index (χ4v) is 1.56. The van der Waals surface area contributed by atoms with E-state index in [1.165, 1.54) is 26.6 Å². The van der Waals surface area contributed by atoms with Gasteiger partial charge in [-0.15, -0.1) is 0 Å². The summed E-state index contributed by atoms with van der Waals surface area (Å²) in [6.07, 6.45) is 2.86. The fourth-order valence-electron chi connectivity index (χ4n) is 1.56. The predicted octanol–water partition coefficient (Wildman–Crippen LogP) is 2.02. The number of aryl methyl sites for hydroxylation is 1. The quantitative estimate of drug-likeness (QED) is 0.627. The monoisotopic (exact) mass is 274 g/mol. The highest BCUT2D eigenvalue weighted by Gasteiger charge is 2.18. The Bertz CT molecular complexity index is 589. The van der Waals surface area contributed by atoms with Crippen LogP contribution in [-0.4, -0.2) is 30.2 Å². The molecule has 20 heavy (non-hydrogen) atoms. The topological polar surface area (TPSA) is 70.5 Å². The van der Waals surface area contributed by atoms with Gasteiger partial charge in [-0.05, 0) is 19.1 Å². The first-order valence-electron chi connectivity index (χ1n) is 5.87. The summed E-state index contributed by atoms with van der Waals surface area (Å²) in [5.41, 5.74) is 0.833. The van der Waals surface area contributed by atoms with Gasteiger partial charge in [-0.1, -0.05) is 6.07 Å². The standard InChI is InChI=1S/C14H14N2O4/c1-9-7-16-10(8-15-9)14(17)20-13-11(18-2)5-4-6-12(13)19-3/h4-8H,1-3H3. The van der Waals surface area contributed by atoms with Gasteiger partial charge < -0.3 is 14.2 Å². The Morgan fingerprint density at radius 2 is 1.70 bits per heavy atom. The summed E-state index contributed by atoms with van der Waals surface area (Å²) in [4.78, 5) is 20.0. The molecule has 0 aliphatic carbocycles. The first kappa shape index (κ1) is 13.8. The number of aromatic nitrogens is 2. The number of nitrogens with zero attached hydrogens (tertiary/aromatic N) is 2. The number of hydrogen-bond donors (Lipinski definition) is 0. The lowest BCUT2D eigenvalue weighted by Gasteiger charge is -2.12. The summed E-state index contributed by atoms with van der Waals surface area (Å²) in [7, 11) is 2.97. The van der Waals surface area contributed by atoms with E-state index in [0.29, 0.717) is 11.5 Å². The van der Waals surface area contributed by atoms with Gasteiger partial charge in [0, 0.05) is 6.20 Å². The first-order chi connectivity index (χ1) is 9.65. The zero-order valence-corrected chi connectivity index (χ0v) is 11.4. The molecular weight excluding hydrogens is 260 g/mol. The summed E-state index contributed by atoms with van der Waals surface area (Å²) in [6.45, 7) is 1.78. The summed E-state index contributed by atoms with van der Waals surface area (Å²) in [5.74, 6) is 0.390. The van der Waals surface area contributed by atoms with Crippen molar-refractivity contribution in [3.8, 4) is 17.2 Å². The van der Waals surface area contributed by atoms with E-state index in [1.54, 1.807) is 25.1 Å². The molecule has 0 aliphatic rings. The van der Waals surface area contributed by atoms with E-state index in [1.807, 2.05) is 0 Å². The van der Waals surface area contributed by atoms with Gasteiger partial charge in [0.2, 0.25) is 5.75 Å². The Balaban J connectivity index is 2.29. The smallest absolute Gasteiger partial charge is 0.364 e. The van der Waals surface area contributed by atoms with E-state index < -0.39 is 5.97 Å². The van der Waals surface area contributed by atoms with Gasteiger partial charge in [-0.25, -0.2) is 9.78 Å². The van der Waals surface area contributed by atoms with Crippen molar-refractivity contribution in [3.63, 3.8) is 0 Å². The molecule has 0 N–H and O–H groups in total. The fraction of sp³-hybridized carbons (Fsp3) is 0.214. The molecule has 0 aliphatic heterocycles. The van der Waals surface area contributed by atoms with Crippen LogP contribution >= 0.6 is 0 Å². The third-order valence-corrected chi connectivity index (χ3v) is 2.57. The molecule has 0 bridgehead atoms. The van der Waals surface area contributed by atoms with Crippen LogP contribution in [0.2, 0.25) is 0 Å². The normalized spacial score (nSPS) is 9.95. The van der Waals surface area contributed by atoms with Crippen LogP contribution in [-0.2, 0) is 0 Å². The average Bonchev–Trinajstić information content (AvgIpc) is 2.48. The Morgan fingerprint density at radius 3 is 2.20 bits per heavy atom. The molecule has 1 heterocycles. The van der Waals surface area contributed by atoms with Gasteiger partial charge in [0.15, 0.2) is 17.2 Å². The number of ether oxygens (including phenoxy) is 3. The zero-order chi connectivity index (χ0) is 14.5. The number of carbonyl (C=O) groups excluding carboxylic acids is 1. The largest absolute Gasteiger partial charge is 0.493 e. The van der Waals surface area contributed by atoms with Crippen LogP contribution in [0.5, 0.6) is 17.2 Å². The van der Waals surface area contributed by atoms with E-state index in [4.69, 9.17) is 14.2 Å². The minimum Gasteiger partial charge on any atom is -0.493 e. The lowest BCUT2D eigenvalue weighted by molar-refractivity contribution is 0.0717. The Morgan fingerprint density at radius 1 is 1.05 bits per heavy atom. The van der Waals surface area contributed by atoms with E-state index >= 15 is 0 Å². The predicted molar refractivity (Wildman–Crippen MR) is 71.3 cm³/mol. The minimum absolute atomic E-state index is 0.114. The first-order valence-corrected chi connectivity index (χ1v) is 5.87. The highest BCUT2D eigenvalue weighted by atomic mass is 16.6. The van der Waals surface area contributed by atoms with E-state index in [-0.39, 0.29) is 11.4 Å². The molecule has 6 nitrogen and oxygen atoms in total. The van der Waals surface area contributed by atoms with Crippen molar-refractivity contribution < 1.29 is 19.0 Å². The van der Waals surface area contributed by atoms with Crippen molar-refractivity contribution in [2.24, 2.45) is 0 Å². The molecular formula is C14H14N2O4. The maximum atomic E-state index is 12.0. The number of benzene rings is 1. The van der Waals surface area contributed by atoms with Crippen molar-refractivity contribution in [2.75, 3.05) is 14.2 Å². The maximum Gasteiger partial charge on any atom is 0.364 e. The Labute approximate surface area is 116 Å². The Kier molecular flexibility index (Phi) is 4.14. The molecule has 104 valence electrons. The molecule has 0 atom stereocenters. The molecule has 6 heteroatoms. The van der Waals surface area contributed by atoms with Gasteiger partial charge in [0.1, 0.15) is 0 Å². The second-order valence-corrected chi connectivity index (χ2v) is 3.92. The maximum absolute atomic E-state index is 12.0. The van der Waals surface area contributed by atoms with Gasteiger partial charge in [0.25, 0.3) is 0 Å². The third-order valence-electron chi connectivity index (χ3n) is 2.57. The van der Waals surface area contributed by atoms with Crippen molar-refractivity contribution in [2.45, 2.75) is 6.92 Å². The van der Waals surface area contributed by atoms with Crippen LogP contribution in [0.4, 0.5) is 0 Å². The van der Waals surface area contributed by atoms with E-state index in [9.17, 15) is 4.79 Å². The van der Waals surface area contributed by atoms with Gasteiger partial charge in [-0.2, -0.15) is 0 Å². The molecule has 0 spiro atoms. The molecule has 0 saturated carbocycles. The lowest BCUT2D eigenvalue weighted by atomic mass is 10.3. The molecule has 2 aromatic rings. The van der Waals surface area contributed by atoms with Crippen molar-refractivity contribution in [1.82, 2.24) is 9.97 Å². The summed E-state index contributed by atoms with van der Waals surface area (Å²) < 4.78 is 15.6. The van der Waals surface area contributed by atoms with Gasteiger partial charge in [-0.3, -0.25) is 4.98 Å². The number of para-hydroxylation sites is 1. The molecule has 0 amide bonds. The SMILES string of the molecule is COc1cccc(OC)c1OC(=O)c1cnc(C)cn1. The zero-order valence-electron chi connectivity index (χ0n) is 11.4. The number of carbonyl (C=O) groups is 1. The van der Waals surface area contributed by atoms with Crippen LogP contribution < -0.4 is 14.2 Å². The Hall–Kier alpha value is -2.63. The molecule has 2 rings (SSSR count). The molecule has 0 saturated heterocycles. The number of hydrogen-bond acceptors (Lipinski definition) is 6. The van der Waals surface area contributed by atoms with Crippen LogP contribution in [0, 0.1) is 6.92 Å². The molecule has 1 aromatic heterocycles. The van der Waals surface area contributed by atoms with Crippen LogP contribution in [0.1, 0.15) is 16.2 Å². The van der Waals surface area contributed by atoms with E-state index in [2.05, 4.69) is 9.97 Å². The van der Waals surface area contributed by atoms with Crippen LogP contribution in [0.15, 0.2) is 30.6 Å². The highest BCUT2D eigenvalue weighted by molar-refractivity contribution is 5.89. The summed E-state index contributed by atoms with van der Waals surface area (Å²) >= 11 is 0. The van der Waals surface area contributed by atoms with E-state index in [0.717, 1.165) is 5.69 Å². The molecule has 0 fully saturated rings. The number of methoxy groups -OCH3 is 2.